The van der Waals surface area contributed by atoms with Gasteiger partial charge in [-0.1, -0.05) is 18.2 Å². The summed E-state index contributed by atoms with van der Waals surface area (Å²) < 4.78 is 16.1. The highest BCUT2D eigenvalue weighted by Gasteiger charge is 2.23. The number of carbonyl (C=O) groups is 2. The van der Waals surface area contributed by atoms with Crippen LogP contribution in [-0.4, -0.2) is 45.7 Å². The molecule has 0 spiro atoms. The van der Waals surface area contributed by atoms with Crippen LogP contribution in [0.3, 0.4) is 0 Å². The zero-order chi connectivity index (χ0) is 20.6. The molecule has 2 amide bonds. The summed E-state index contributed by atoms with van der Waals surface area (Å²) in [5.74, 6) is 1.82. The van der Waals surface area contributed by atoms with Crippen LogP contribution in [0.4, 0.5) is 5.69 Å². The third kappa shape index (κ3) is 5.19. The molecule has 3 rings (SSSR count). The van der Waals surface area contributed by atoms with Crippen molar-refractivity contribution in [3.63, 3.8) is 0 Å². The van der Waals surface area contributed by atoms with Gasteiger partial charge in [-0.15, -0.1) is 0 Å². The van der Waals surface area contributed by atoms with Crippen molar-refractivity contribution in [2.75, 3.05) is 38.8 Å². The van der Waals surface area contributed by atoms with E-state index in [-0.39, 0.29) is 24.7 Å². The number of methoxy groups -OCH3 is 2. The van der Waals surface area contributed by atoms with E-state index in [2.05, 4.69) is 5.32 Å². The molecule has 1 heterocycles. The maximum Gasteiger partial charge on any atom is 0.227 e. The van der Waals surface area contributed by atoms with E-state index >= 15 is 0 Å². The molecular formula is C22H26N2O5. The summed E-state index contributed by atoms with van der Waals surface area (Å²) in [6, 6.07) is 13.1. The summed E-state index contributed by atoms with van der Waals surface area (Å²) in [5.41, 5.74) is 1.79. The lowest BCUT2D eigenvalue weighted by Gasteiger charge is -2.29. The smallest absolute Gasteiger partial charge is 0.227 e. The van der Waals surface area contributed by atoms with Crippen LogP contribution >= 0.6 is 0 Å². The molecule has 1 aliphatic rings. The molecule has 0 unspecified atom stereocenters. The first-order chi connectivity index (χ1) is 14.1. The third-order valence-corrected chi connectivity index (χ3v) is 4.78. The van der Waals surface area contributed by atoms with Gasteiger partial charge >= 0.3 is 0 Å². The molecule has 1 N–H and O–H groups in total. The molecule has 0 saturated carbocycles. The Morgan fingerprint density at radius 1 is 1.07 bits per heavy atom. The molecular weight excluding hydrogens is 372 g/mol. The second kappa shape index (κ2) is 9.82. The van der Waals surface area contributed by atoms with Crippen molar-refractivity contribution in [3.8, 4) is 17.2 Å². The van der Waals surface area contributed by atoms with Gasteiger partial charge in [0.15, 0.2) is 11.5 Å². The molecule has 0 atom stereocenters. The van der Waals surface area contributed by atoms with Crippen LogP contribution in [0, 0.1) is 0 Å². The Hall–Kier alpha value is -3.22. The Morgan fingerprint density at radius 2 is 1.86 bits per heavy atom. The molecule has 2 aromatic carbocycles. The molecule has 0 aliphatic carbocycles. The van der Waals surface area contributed by atoms with Crippen molar-refractivity contribution in [3.05, 3.63) is 48.0 Å². The predicted octanol–water partition coefficient (Wildman–Crippen LogP) is 2.57. The maximum atomic E-state index is 12.6. The standard InChI is InChI=1S/C22H26N2O5/c1-27-19-8-7-16(15-20(19)28-2)11-12-23-21(25)9-10-22(26)24-13-14-29-18-6-4-3-5-17(18)24/h3-8,15H,9-14H2,1-2H3,(H,23,25). The van der Waals surface area contributed by atoms with Crippen LogP contribution in [-0.2, 0) is 16.0 Å². The van der Waals surface area contributed by atoms with Gasteiger partial charge < -0.3 is 24.4 Å². The van der Waals surface area contributed by atoms with Crippen LogP contribution in [0.1, 0.15) is 18.4 Å². The highest BCUT2D eigenvalue weighted by molar-refractivity contribution is 5.97. The Balaban J connectivity index is 1.44. The van der Waals surface area contributed by atoms with Crippen molar-refractivity contribution in [2.24, 2.45) is 0 Å². The first kappa shape index (κ1) is 20.5. The zero-order valence-electron chi connectivity index (χ0n) is 16.8. The lowest BCUT2D eigenvalue weighted by Crippen LogP contribution is -2.38. The Bertz CT molecular complexity index is 868. The van der Waals surface area contributed by atoms with Gasteiger partial charge in [0.05, 0.1) is 26.5 Å². The van der Waals surface area contributed by atoms with Crippen LogP contribution < -0.4 is 24.4 Å². The van der Waals surface area contributed by atoms with Gasteiger partial charge in [0, 0.05) is 19.4 Å². The molecule has 0 bridgehead atoms. The molecule has 1 aliphatic heterocycles. The van der Waals surface area contributed by atoms with Gasteiger partial charge in [-0.2, -0.15) is 0 Å². The predicted molar refractivity (Wildman–Crippen MR) is 110 cm³/mol. The van der Waals surface area contributed by atoms with Crippen molar-refractivity contribution >= 4 is 17.5 Å². The minimum atomic E-state index is -0.139. The number of carbonyl (C=O) groups excluding carboxylic acids is 2. The Morgan fingerprint density at radius 3 is 2.66 bits per heavy atom. The number of fused-ring (bicyclic) bond motifs is 1. The van der Waals surface area contributed by atoms with E-state index in [0.29, 0.717) is 43.4 Å². The lowest BCUT2D eigenvalue weighted by molar-refractivity contribution is -0.125. The molecule has 154 valence electrons. The normalized spacial score (nSPS) is 12.6. The molecule has 7 heteroatoms. The highest BCUT2D eigenvalue weighted by Crippen LogP contribution is 2.31. The van der Waals surface area contributed by atoms with E-state index in [1.54, 1.807) is 19.1 Å². The van der Waals surface area contributed by atoms with Crippen molar-refractivity contribution < 1.29 is 23.8 Å². The number of nitrogens with zero attached hydrogens (tertiary/aromatic N) is 1. The van der Waals surface area contributed by atoms with Crippen LogP contribution in [0.5, 0.6) is 17.2 Å². The molecule has 0 aromatic heterocycles. The molecule has 0 radical (unpaired) electrons. The third-order valence-electron chi connectivity index (χ3n) is 4.78. The van der Waals surface area contributed by atoms with Crippen LogP contribution in [0.15, 0.2) is 42.5 Å². The summed E-state index contributed by atoms with van der Waals surface area (Å²) in [6.07, 6.45) is 0.984. The van der Waals surface area contributed by atoms with Gasteiger partial charge in [0.2, 0.25) is 11.8 Å². The van der Waals surface area contributed by atoms with E-state index in [1.807, 2.05) is 42.5 Å². The maximum absolute atomic E-state index is 12.6. The van der Waals surface area contributed by atoms with Gasteiger partial charge in [0.1, 0.15) is 12.4 Å². The fourth-order valence-corrected chi connectivity index (χ4v) is 3.25. The summed E-state index contributed by atoms with van der Waals surface area (Å²) in [4.78, 5) is 26.4. The monoisotopic (exact) mass is 398 g/mol. The van der Waals surface area contributed by atoms with E-state index in [0.717, 1.165) is 11.3 Å². The number of nitrogens with one attached hydrogen (secondary N) is 1. The first-order valence-corrected chi connectivity index (χ1v) is 9.62. The number of benzene rings is 2. The second-order valence-electron chi connectivity index (χ2n) is 6.65. The first-order valence-electron chi connectivity index (χ1n) is 9.62. The van der Waals surface area contributed by atoms with Gasteiger partial charge in [-0.25, -0.2) is 0 Å². The number of hydrogen-bond donors (Lipinski definition) is 1. The van der Waals surface area contributed by atoms with E-state index in [4.69, 9.17) is 14.2 Å². The summed E-state index contributed by atoms with van der Waals surface area (Å²) in [5, 5.41) is 2.87. The Kier molecular flexibility index (Phi) is 6.94. The number of hydrogen-bond acceptors (Lipinski definition) is 5. The lowest BCUT2D eigenvalue weighted by atomic mass is 10.1. The van der Waals surface area contributed by atoms with Gasteiger partial charge in [-0.3, -0.25) is 9.59 Å². The van der Waals surface area contributed by atoms with Crippen LogP contribution in [0.25, 0.3) is 0 Å². The van der Waals surface area contributed by atoms with E-state index < -0.39 is 0 Å². The average molecular weight is 398 g/mol. The van der Waals surface area contributed by atoms with E-state index in [9.17, 15) is 9.59 Å². The number of rotatable bonds is 8. The molecule has 0 fully saturated rings. The number of anilines is 1. The molecule has 7 nitrogen and oxygen atoms in total. The minimum Gasteiger partial charge on any atom is -0.493 e. The SMILES string of the molecule is COc1ccc(CCNC(=O)CCC(=O)N2CCOc3ccccc32)cc1OC. The second-order valence-corrected chi connectivity index (χ2v) is 6.65. The van der Waals surface area contributed by atoms with Gasteiger partial charge in [-0.05, 0) is 36.2 Å². The van der Waals surface area contributed by atoms with Crippen molar-refractivity contribution in [1.82, 2.24) is 5.32 Å². The minimum absolute atomic E-state index is 0.0733. The molecule has 0 saturated heterocycles. The zero-order valence-corrected chi connectivity index (χ0v) is 16.8. The van der Waals surface area contributed by atoms with Gasteiger partial charge in [0.25, 0.3) is 0 Å². The summed E-state index contributed by atoms with van der Waals surface area (Å²) >= 11 is 0. The number of ether oxygens (including phenoxy) is 3. The topological polar surface area (TPSA) is 77.1 Å². The Labute approximate surface area is 170 Å². The number of amides is 2. The highest BCUT2D eigenvalue weighted by atomic mass is 16.5. The number of para-hydroxylation sites is 2. The summed E-state index contributed by atoms with van der Waals surface area (Å²) in [6.45, 7) is 1.44. The van der Waals surface area contributed by atoms with Crippen molar-refractivity contribution in [1.29, 1.82) is 0 Å². The molecule has 2 aromatic rings. The van der Waals surface area contributed by atoms with Crippen molar-refractivity contribution in [2.45, 2.75) is 19.3 Å². The average Bonchev–Trinajstić information content (AvgIpc) is 2.76. The fraction of sp³-hybridized carbons (Fsp3) is 0.364. The van der Waals surface area contributed by atoms with Crippen LogP contribution in [0.2, 0.25) is 0 Å². The summed E-state index contributed by atoms with van der Waals surface area (Å²) in [7, 11) is 3.18. The fourth-order valence-electron chi connectivity index (χ4n) is 3.25. The quantitative estimate of drug-likeness (QED) is 0.740. The largest absolute Gasteiger partial charge is 0.493 e. The van der Waals surface area contributed by atoms with E-state index in [1.165, 1.54) is 0 Å². The molecule has 29 heavy (non-hydrogen) atoms.